The topological polar surface area (TPSA) is 57.7 Å². The molecule has 0 radical (unpaired) electrons. The van der Waals surface area contributed by atoms with E-state index in [1.807, 2.05) is 6.07 Å². The summed E-state index contributed by atoms with van der Waals surface area (Å²) in [6, 6.07) is 6.05. The third-order valence-electron chi connectivity index (χ3n) is 2.11. The molecule has 0 saturated heterocycles. The Morgan fingerprint density at radius 3 is 2.89 bits per heavy atom. The van der Waals surface area contributed by atoms with Crippen molar-refractivity contribution in [2.24, 2.45) is 9.98 Å². The molecule has 1 rings (SSSR count). The van der Waals surface area contributed by atoms with Crippen LogP contribution < -0.4 is 0 Å². The molecule has 4 nitrogen and oxygen atoms in total. The van der Waals surface area contributed by atoms with E-state index in [0.29, 0.717) is 10.2 Å². The second-order valence-corrected chi connectivity index (χ2v) is 4.18. The monoisotopic (exact) mass is 323 g/mol. The van der Waals surface area contributed by atoms with Gasteiger partial charge in [0.05, 0.1) is 11.6 Å². The molecule has 0 saturated carbocycles. The molecule has 0 aliphatic carbocycles. The largest absolute Gasteiger partial charge is 0.458 e. The van der Waals surface area contributed by atoms with Gasteiger partial charge in [0.2, 0.25) is 0 Å². The first-order chi connectivity index (χ1) is 9.10. The van der Waals surface area contributed by atoms with Crippen LogP contribution in [0.25, 0.3) is 0 Å². The van der Waals surface area contributed by atoms with E-state index < -0.39 is 5.82 Å². The summed E-state index contributed by atoms with van der Waals surface area (Å²) in [5, 5.41) is 8.63. The Hall–Kier alpha value is -2.00. The number of allylic oxidation sites excluding steroid dienone is 1. The number of nitrogens with zero attached hydrogens (tertiary/aromatic N) is 3. The lowest BCUT2D eigenvalue weighted by Gasteiger charge is -2.06. The number of benzene rings is 1. The lowest BCUT2D eigenvalue weighted by Crippen LogP contribution is -2.03. The SMILES string of the molecule is C=NC(=N/C(Br)=C\C)OCc1ccc(C#N)cc1F. The summed E-state index contributed by atoms with van der Waals surface area (Å²) in [5.74, 6) is -0.507. The molecule has 0 aromatic heterocycles. The van der Waals surface area contributed by atoms with Crippen LogP contribution >= 0.6 is 15.9 Å². The number of hydrogen-bond acceptors (Lipinski definition) is 3. The summed E-state index contributed by atoms with van der Waals surface area (Å²) in [4.78, 5) is 7.55. The van der Waals surface area contributed by atoms with Gasteiger partial charge >= 0.3 is 6.02 Å². The zero-order chi connectivity index (χ0) is 14.3. The maximum absolute atomic E-state index is 13.6. The molecule has 0 aliphatic rings. The van der Waals surface area contributed by atoms with Gasteiger partial charge in [0.25, 0.3) is 0 Å². The van der Waals surface area contributed by atoms with Crippen LogP contribution in [0.1, 0.15) is 18.1 Å². The van der Waals surface area contributed by atoms with Crippen molar-refractivity contribution in [1.82, 2.24) is 0 Å². The number of rotatable bonds is 3. The molecule has 0 bridgehead atoms. The van der Waals surface area contributed by atoms with Crippen molar-refractivity contribution in [3.63, 3.8) is 0 Å². The number of aliphatic imine (C=N–C) groups is 2. The third-order valence-corrected chi connectivity index (χ3v) is 2.75. The lowest BCUT2D eigenvalue weighted by atomic mass is 10.1. The van der Waals surface area contributed by atoms with Crippen molar-refractivity contribution in [3.05, 3.63) is 45.8 Å². The first-order valence-corrected chi connectivity index (χ1v) is 6.08. The number of halogens is 2. The second-order valence-electron chi connectivity index (χ2n) is 3.37. The van der Waals surface area contributed by atoms with Gasteiger partial charge in [-0.1, -0.05) is 12.1 Å². The van der Waals surface area contributed by atoms with Gasteiger partial charge in [0.15, 0.2) is 0 Å². The van der Waals surface area contributed by atoms with Crippen molar-refractivity contribution < 1.29 is 9.13 Å². The molecule has 0 aliphatic heterocycles. The van der Waals surface area contributed by atoms with Gasteiger partial charge in [0, 0.05) is 5.56 Å². The van der Waals surface area contributed by atoms with Crippen LogP contribution in [0, 0.1) is 17.1 Å². The highest BCUT2D eigenvalue weighted by molar-refractivity contribution is 9.11. The van der Waals surface area contributed by atoms with Crippen LogP contribution in [0.2, 0.25) is 0 Å². The van der Waals surface area contributed by atoms with Crippen LogP contribution in [-0.2, 0) is 11.3 Å². The van der Waals surface area contributed by atoms with E-state index in [1.165, 1.54) is 12.1 Å². The highest BCUT2D eigenvalue weighted by Crippen LogP contribution is 2.12. The fourth-order valence-electron chi connectivity index (χ4n) is 1.15. The molecule has 0 N–H and O–H groups in total. The van der Waals surface area contributed by atoms with Gasteiger partial charge in [-0.25, -0.2) is 9.38 Å². The predicted octanol–water partition coefficient (Wildman–Crippen LogP) is 3.53. The molecular formula is C13H11BrFN3O. The summed E-state index contributed by atoms with van der Waals surface area (Å²) in [7, 11) is 0. The minimum absolute atomic E-state index is 0.0359. The van der Waals surface area contributed by atoms with Gasteiger partial charge in [-0.2, -0.15) is 10.3 Å². The Kier molecular flexibility index (Phi) is 5.90. The third kappa shape index (κ3) is 4.64. The number of nitriles is 1. The molecule has 0 atom stereocenters. The zero-order valence-corrected chi connectivity index (χ0v) is 11.8. The Balaban J connectivity index is 2.79. The van der Waals surface area contributed by atoms with Crippen LogP contribution in [0.3, 0.4) is 0 Å². The molecule has 6 heteroatoms. The molecule has 98 valence electrons. The summed E-state index contributed by atoms with van der Waals surface area (Å²) in [5.41, 5.74) is 0.570. The van der Waals surface area contributed by atoms with Crippen molar-refractivity contribution >= 4 is 28.7 Å². The average Bonchev–Trinajstić information content (AvgIpc) is 2.43. The number of amidine groups is 1. The van der Waals surface area contributed by atoms with E-state index in [4.69, 9.17) is 10.00 Å². The van der Waals surface area contributed by atoms with Crippen molar-refractivity contribution in [3.8, 4) is 6.07 Å². The van der Waals surface area contributed by atoms with Crippen molar-refractivity contribution in [2.45, 2.75) is 13.5 Å². The highest BCUT2D eigenvalue weighted by atomic mass is 79.9. The fourth-order valence-corrected chi connectivity index (χ4v) is 1.30. The van der Waals surface area contributed by atoms with E-state index in [2.05, 4.69) is 32.6 Å². The van der Waals surface area contributed by atoms with Crippen LogP contribution in [0.5, 0.6) is 0 Å². The zero-order valence-electron chi connectivity index (χ0n) is 10.2. The smallest absolute Gasteiger partial charge is 0.317 e. The molecule has 0 fully saturated rings. The minimum Gasteiger partial charge on any atom is -0.458 e. The maximum atomic E-state index is 13.6. The van der Waals surface area contributed by atoms with Gasteiger partial charge in [-0.3, -0.25) is 0 Å². The first-order valence-electron chi connectivity index (χ1n) is 5.29. The molecule has 0 amide bonds. The quantitative estimate of drug-likeness (QED) is 0.485. The van der Waals surface area contributed by atoms with E-state index in [9.17, 15) is 4.39 Å². The Morgan fingerprint density at radius 1 is 1.63 bits per heavy atom. The summed E-state index contributed by atoms with van der Waals surface area (Å²) < 4.78 is 19.4. The van der Waals surface area contributed by atoms with E-state index in [0.717, 1.165) is 6.07 Å². The van der Waals surface area contributed by atoms with Gasteiger partial charge < -0.3 is 4.74 Å². The number of hydrogen-bond donors (Lipinski definition) is 0. The summed E-state index contributed by atoms with van der Waals surface area (Å²) >= 11 is 3.17. The van der Waals surface area contributed by atoms with Crippen molar-refractivity contribution in [1.29, 1.82) is 5.26 Å². The van der Waals surface area contributed by atoms with Crippen LogP contribution in [0.4, 0.5) is 4.39 Å². The van der Waals surface area contributed by atoms with Crippen LogP contribution in [-0.4, -0.2) is 12.7 Å². The average molecular weight is 324 g/mol. The standard InChI is InChI=1S/C13H11BrFN3O/c1-3-12(14)18-13(17-2)19-8-10-5-4-9(7-16)6-11(10)15/h3-6H,2,8H2,1H3/b12-3-,18-13?. The van der Waals surface area contributed by atoms with Gasteiger partial charge in [-0.15, -0.1) is 0 Å². The van der Waals surface area contributed by atoms with Crippen molar-refractivity contribution in [2.75, 3.05) is 0 Å². The van der Waals surface area contributed by atoms with Gasteiger partial charge in [0.1, 0.15) is 17.0 Å². The molecule has 1 aromatic rings. The molecular weight excluding hydrogens is 313 g/mol. The van der Waals surface area contributed by atoms with E-state index in [1.54, 1.807) is 13.0 Å². The first kappa shape index (κ1) is 15.1. The minimum atomic E-state index is -0.507. The molecule has 0 spiro atoms. The molecule has 1 aromatic carbocycles. The van der Waals surface area contributed by atoms with Gasteiger partial charge in [-0.05, 0) is 41.7 Å². The fraction of sp³-hybridized carbons (Fsp3) is 0.154. The number of ether oxygens (including phenoxy) is 1. The van der Waals surface area contributed by atoms with Crippen LogP contribution in [0.15, 0.2) is 38.9 Å². The molecule has 0 unspecified atom stereocenters. The summed E-state index contributed by atoms with van der Waals surface area (Å²) in [6.45, 7) is 5.06. The molecule has 19 heavy (non-hydrogen) atoms. The Morgan fingerprint density at radius 2 is 2.37 bits per heavy atom. The predicted molar refractivity (Wildman–Crippen MR) is 75.6 cm³/mol. The molecule has 0 heterocycles. The van der Waals surface area contributed by atoms with E-state index >= 15 is 0 Å². The maximum Gasteiger partial charge on any atom is 0.317 e. The highest BCUT2D eigenvalue weighted by Gasteiger charge is 2.06. The summed E-state index contributed by atoms with van der Waals surface area (Å²) in [6.07, 6.45) is 1.71. The Labute approximate surface area is 119 Å². The lowest BCUT2D eigenvalue weighted by molar-refractivity contribution is 0.282. The Bertz CT molecular complexity index is 576. The normalized spacial score (nSPS) is 11.9. The second kappa shape index (κ2) is 7.44. The van der Waals surface area contributed by atoms with E-state index in [-0.39, 0.29) is 18.2 Å².